The van der Waals surface area contributed by atoms with E-state index in [0.717, 1.165) is 34.8 Å². The molecule has 0 saturated heterocycles. The lowest BCUT2D eigenvalue weighted by atomic mass is 9.89. The molecule has 0 unspecified atom stereocenters. The molecule has 50 heavy (non-hydrogen) atoms. The van der Waals surface area contributed by atoms with Crippen LogP contribution in [0.5, 0.6) is 34.5 Å². The lowest BCUT2D eigenvalue weighted by Crippen LogP contribution is -2.28. The molecule has 272 valence electrons. The zero-order valence-corrected chi connectivity index (χ0v) is 31.2. The molecule has 0 aromatic heterocycles. The van der Waals surface area contributed by atoms with E-state index in [1.165, 1.54) is 0 Å². The van der Waals surface area contributed by atoms with Gasteiger partial charge in [0.2, 0.25) is 20.0 Å². The molecule has 2 N–H and O–H groups in total. The van der Waals surface area contributed by atoms with Gasteiger partial charge >= 0.3 is 0 Å². The fraction of sp³-hybridized carbons (Fsp3) is 0.333. The second-order valence-corrected chi connectivity index (χ2v) is 14.7. The van der Waals surface area contributed by atoms with Gasteiger partial charge in [0.1, 0.15) is 34.5 Å². The van der Waals surface area contributed by atoms with Crippen LogP contribution in [0.25, 0.3) is 0 Å². The highest BCUT2D eigenvalue weighted by Gasteiger charge is 2.26. The molecule has 0 fully saturated rings. The third kappa shape index (κ3) is 11.3. The molecule has 12 nitrogen and oxygen atoms in total. The molecule has 4 rings (SSSR count). The molecule has 4 aromatic rings. The predicted molar refractivity (Wildman–Crippen MR) is 194 cm³/mol. The van der Waals surface area contributed by atoms with E-state index >= 15 is 0 Å². The first-order chi connectivity index (χ1) is 23.8. The normalized spacial score (nSPS) is 12.5. The average molecular weight is 731 g/mol. The highest BCUT2D eigenvalue weighted by molar-refractivity contribution is 7.89. The summed E-state index contributed by atoms with van der Waals surface area (Å²) < 4.78 is 84.3. The molecule has 0 amide bonds. The molecule has 0 aliphatic rings. The highest BCUT2D eigenvalue weighted by Crippen LogP contribution is 2.43. The molecule has 2 atom stereocenters. The minimum atomic E-state index is -3.34. The Labute approximate surface area is 295 Å². The van der Waals surface area contributed by atoms with E-state index in [1.807, 2.05) is 60.7 Å². The van der Waals surface area contributed by atoms with Gasteiger partial charge in [0.25, 0.3) is 0 Å². The fourth-order valence-electron chi connectivity index (χ4n) is 5.37. The second kappa shape index (κ2) is 18.5. The van der Waals surface area contributed by atoms with Crippen molar-refractivity contribution in [2.45, 2.75) is 11.8 Å². The van der Waals surface area contributed by atoms with Gasteiger partial charge in [-0.15, -0.1) is 0 Å². The van der Waals surface area contributed by atoms with Crippen LogP contribution in [0.4, 0.5) is 0 Å². The Morgan fingerprint density at radius 1 is 0.480 bits per heavy atom. The summed E-state index contributed by atoms with van der Waals surface area (Å²) >= 11 is 0. The Kier molecular flexibility index (Phi) is 14.8. The number of rotatable bonds is 16. The first kappa shape index (κ1) is 39.9. The van der Waals surface area contributed by atoms with E-state index in [0.29, 0.717) is 34.5 Å². The van der Waals surface area contributed by atoms with Crippen molar-refractivity contribution in [3.05, 3.63) is 107 Å². The van der Waals surface area contributed by atoms with Gasteiger partial charge in [-0.25, -0.2) is 26.3 Å². The maximum absolute atomic E-state index is 11.6. The largest absolute Gasteiger partial charge is 0.496 e. The van der Waals surface area contributed by atoms with Crippen molar-refractivity contribution in [2.24, 2.45) is 0 Å². The molecule has 0 heterocycles. The second-order valence-electron chi connectivity index (χ2n) is 11.1. The number of methoxy groups -OCH3 is 6. The third-order valence-electron chi connectivity index (χ3n) is 7.71. The zero-order chi connectivity index (χ0) is 36.9. The number of ether oxygens (including phenoxy) is 6. The SMILES string of the molecule is COc1cc(OC)c([C@@H](CNS(C)(=O)=O)c2ccccc2)c(OC)c1.COc1cc(OC)c([C@@H](CNS(C)(=O)=O)c2ccccc2)c(OC)c1. The van der Waals surface area contributed by atoms with Gasteiger partial charge in [-0.3, -0.25) is 0 Å². The Balaban J connectivity index is 0.000000270. The van der Waals surface area contributed by atoms with Gasteiger partial charge in [0, 0.05) is 60.3 Å². The molecule has 0 spiro atoms. The van der Waals surface area contributed by atoms with Gasteiger partial charge in [-0.05, 0) is 11.1 Å². The summed E-state index contributed by atoms with van der Waals surface area (Å²) in [5, 5.41) is 0. The van der Waals surface area contributed by atoms with Gasteiger partial charge < -0.3 is 28.4 Å². The van der Waals surface area contributed by atoms with Crippen LogP contribution in [-0.2, 0) is 20.0 Å². The summed E-state index contributed by atoms with van der Waals surface area (Å²) in [5.74, 6) is 2.90. The summed E-state index contributed by atoms with van der Waals surface area (Å²) in [6, 6.07) is 26.3. The van der Waals surface area contributed by atoms with Crippen molar-refractivity contribution in [3.63, 3.8) is 0 Å². The quantitative estimate of drug-likeness (QED) is 0.165. The van der Waals surface area contributed by atoms with Gasteiger partial charge in [-0.2, -0.15) is 0 Å². The number of sulfonamides is 2. The number of hydrogen-bond donors (Lipinski definition) is 2. The monoisotopic (exact) mass is 730 g/mol. The Morgan fingerprint density at radius 3 is 0.980 bits per heavy atom. The maximum atomic E-state index is 11.6. The lowest BCUT2D eigenvalue weighted by molar-refractivity contribution is 0.365. The first-order valence-electron chi connectivity index (χ1n) is 15.4. The summed E-state index contributed by atoms with van der Waals surface area (Å²) in [6.45, 7) is 0.365. The van der Waals surface area contributed by atoms with Crippen LogP contribution in [0.3, 0.4) is 0 Å². The zero-order valence-electron chi connectivity index (χ0n) is 29.6. The van der Waals surface area contributed by atoms with Gasteiger partial charge in [0.15, 0.2) is 0 Å². The van der Waals surface area contributed by atoms with Crippen LogP contribution in [-0.4, -0.2) is 85.1 Å². The van der Waals surface area contributed by atoms with E-state index in [1.54, 1.807) is 66.9 Å². The number of nitrogens with one attached hydrogen (secondary N) is 2. The van der Waals surface area contributed by atoms with Crippen LogP contribution < -0.4 is 37.9 Å². The number of hydrogen-bond acceptors (Lipinski definition) is 10. The van der Waals surface area contributed by atoms with Crippen molar-refractivity contribution in [1.29, 1.82) is 0 Å². The Bertz CT molecular complexity index is 1700. The summed E-state index contributed by atoms with van der Waals surface area (Å²) in [4.78, 5) is 0. The molecule has 4 aromatic carbocycles. The molecule has 0 saturated carbocycles. The third-order valence-corrected chi connectivity index (χ3v) is 9.09. The fourth-order valence-corrected chi connectivity index (χ4v) is 6.30. The van der Waals surface area contributed by atoms with Crippen molar-refractivity contribution >= 4 is 20.0 Å². The maximum Gasteiger partial charge on any atom is 0.208 e. The Hall–Kier alpha value is -4.50. The molecule has 14 heteroatoms. The lowest BCUT2D eigenvalue weighted by Gasteiger charge is -2.23. The Morgan fingerprint density at radius 2 is 0.760 bits per heavy atom. The highest BCUT2D eigenvalue weighted by atomic mass is 32.2. The standard InChI is InChI=1S/2C18H23NO5S/c2*1-22-14-10-16(23-2)18(17(11-14)24-3)15(12-19-25(4,20)21)13-8-6-5-7-9-13/h2*5-11,15,19H,12H2,1-4H3/t2*15-/m00/s1. The molecule has 0 bridgehead atoms. The van der Waals surface area contributed by atoms with Crippen molar-refractivity contribution in [1.82, 2.24) is 9.44 Å². The molecule has 0 aliphatic heterocycles. The average Bonchev–Trinajstić information content (AvgIpc) is 3.11. The van der Waals surface area contributed by atoms with Crippen LogP contribution in [0.1, 0.15) is 34.1 Å². The van der Waals surface area contributed by atoms with Crippen LogP contribution in [0, 0.1) is 0 Å². The summed E-state index contributed by atoms with van der Waals surface area (Å²) in [5.41, 5.74) is 3.40. The van der Waals surface area contributed by atoms with Crippen molar-refractivity contribution in [3.8, 4) is 34.5 Å². The summed E-state index contributed by atoms with van der Waals surface area (Å²) in [6.07, 6.45) is 2.27. The molecular weight excluding hydrogens is 685 g/mol. The molecule has 0 radical (unpaired) electrons. The topological polar surface area (TPSA) is 148 Å². The van der Waals surface area contributed by atoms with Crippen molar-refractivity contribution in [2.75, 3.05) is 68.3 Å². The van der Waals surface area contributed by atoms with Crippen LogP contribution >= 0.6 is 0 Å². The molecule has 0 aliphatic carbocycles. The minimum Gasteiger partial charge on any atom is -0.496 e. The minimum absolute atomic E-state index is 0.182. The van der Waals surface area contributed by atoms with E-state index in [9.17, 15) is 16.8 Å². The predicted octanol–water partition coefficient (Wildman–Crippen LogP) is 4.79. The van der Waals surface area contributed by atoms with Gasteiger partial charge in [0.05, 0.1) is 55.2 Å². The van der Waals surface area contributed by atoms with Crippen molar-refractivity contribution < 1.29 is 45.3 Å². The summed E-state index contributed by atoms with van der Waals surface area (Å²) in [7, 11) is 2.68. The van der Waals surface area contributed by atoms with E-state index in [-0.39, 0.29) is 24.9 Å². The van der Waals surface area contributed by atoms with Crippen LogP contribution in [0.15, 0.2) is 84.9 Å². The van der Waals surface area contributed by atoms with E-state index < -0.39 is 20.0 Å². The smallest absolute Gasteiger partial charge is 0.208 e. The van der Waals surface area contributed by atoms with E-state index in [4.69, 9.17) is 28.4 Å². The molecular formula is C36H46N2O10S2. The van der Waals surface area contributed by atoms with Gasteiger partial charge in [-0.1, -0.05) is 60.7 Å². The van der Waals surface area contributed by atoms with E-state index in [2.05, 4.69) is 9.44 Å². The number of benzene rings is 4. The van der Waals surface area contributed by atoms with Crippen LogP contribution in [0.2, 0.25) is 0 Å². The first-order valence-corrected chi connectivity index (χ1v) is 19.2.